The van der Waals surface area contributed by atoms with E-state index in [0.29, 0.717) is 5.75 Å². The van der Waals surface area contributed by atoms with Crippen molar-refractivity contribution in [3.63, 3.8) is 0 Å². The normalized spacial score (nSPS) is 12.2. The molecule has 0 fully saturated rings. The highest BCUT2D eigenvalue weighted by Gasteiger charge is 2.13. The monoisotopic (exact) mass is 279 g/mol. The summed E-state index contributed by atoms with van der Waals surface area (Å²) in [5.74, 6) is 0.0882. The van der Waals surface area contributed by atoms with Gasteiger partial charge in [-0.1, -0.05) is 42.8 Å². The summed E-state index contributed by atoms with van der Waals surface area (Å²) in [6, 6.07) is 11.9. The van der Waals surface area contributed by atoms with Gasteiger partial charge in [0.15, 0.2) is 11.6 Å². The lowest BCUT2D eigenvalue weighted by Gasteiger charge is -2.15. The Morgan fingerprint density at radius 2 is 1.84 bits per heavy atom. The Bertz CT molecular complexity index is 574. The van der Waals surface area contributed by atoms with Crippen molar-refractivity contribution in [3.05, 3.63) is 58.9 Å². The highest BCUT2D eigenvalue weighted by Crippen LogP contribution is 2.33. The van der Waals surface area contributed by atoms with E-state index in [4.69, 9.17) is 22.1 Å². The van der Waals surface area contributed by atoms with Crippen molar-refractivity contribution < 1.29 is 9.13 Å². The molecule has 0 aliphatic rings. The molecule has 0 radical (unpaired) electrons. The average Bonchev–Trinajstić information content (AvgIpc) is 2.43. The van der Waals surface area contributed by atoms with Crippen molar-refractivity contribution in [2.24, 2.45) is 5.73 Å². The first-order valence-corrected chi connectivity index (χ1v) is 6.47. The minimum Gasteiger partial charge on any atom is -0.454 e. The predicted octanol–water partition coefficient (Wildman–Crippen LogP) is 4.68. The van der Waals surface area contributed by atoms with Crippen molar-refractivity contribution in [3.8, 4) is 11.5 Å². The quantitative estimate of drug-likeness (QED) is 0.882. The van der Waals surface area contributed by atoms with E-state index >= 15 is 0 Å². The lowest BCUT2D eigenvalue weighted by Crippen LogP contribution is -2.09. The standard InChI is InChI=1S/C15H15ClFNO/c1-2-12(18)10-6-3-4-8-13(10)19-14-9-5-7-11(16)15(14)17/h3-9,12H,2,18H2,1H3/t12-/m0/s1. The SMILES string of the molecule is CC[C@H](N)c1ccccc1Oc1cccc(Cl)c1F. The fourth-order valence-corrected chi connectivity index (χ4v) is 1.95. The lowest BCUT2D eigenvalue weighted by atomic mass is 10.0. The Morgan fingerprint density at radius 3 is 2.58 bits per heavy atom. The van der Waals surface area contributed by atoms with Crippen LogP contribution in [0, 0.1) is 5.82 Å². The zero-order chi connectivity index (χ0) is 13.8. The topological polar surface area (TPSA) is 35.2 Å². The van der Waals surface area contributed by atoms with Crippen molar-refractivity contribution in [1.82, 2.24) is 0 Å². The summed E-state index contributed by atoms with van der Waals surface area (Å²) in [6.07, 6.45) is 0.776. The molecule has 19 heavy (non-hydrogen) atoms. The second-order valence-corrected chi connectivity index (χ2v) is 4.61. The van der Waals surface area contributed by atoms with Crippen LogP contribution in [-0.4, -0.2) is 0 Å². The van der Waals surface area contributed by atoms with Gasteiger partial charge in [-0.05, 0) is 24.6 Å². The largest absolute Gasteiger partial charge is 0.454 e. The Balaban J connectivity index is 2.36. The lowest BCUT2D eigenvalue weighted by molar-refractivity contribution is 0.433. The van der Waals surface area contributed by atoms with Gasteiger partial charge in [0, 0.05) is 11.6 Å². The zero-order valence-corrected chi connectivity index (χ0v) is 11.3. The third-order valence-corrected chi connectivity index (χ3v) is 3.19. The number of rotatable bonds is 4. The second kappa shape index (κ2) is 6.04. The molecule has 0 bridgehead atoms. The Morgan fingerprint density at radius 1 is 1.16 bits per heavy atom. The highest BCUT2D eigenvalue weighted by molar-refractivity contribution is 6.30. The third kappa shape index (κ3) is 3.06. The van der Waals surface area contributed by atoms with Crippen LogP contribution in [0.5, 0.6) is 11.5 Å². The minimum absolute atomic E-state index is 0.0368. The second-order valence-electron chi connectivity index (χ2n) is 4.21. The molecule has 100 valence electrons. The minimum atomic E-state index is -0.566. The van der Waals surface area contributed by atoms with E-state index in [0.717, 1.165) is 12.0 Å². The molecule has 0 heterocycles. The molecule has 4 heteroatoms. The van der Waals surface area contributed by atoms with E-state index in [1.54, 1.807) is 12.1 Å². The van der Waals surface area contributed by atoms with Crippen LogP contribution in [-0.2, 0) is 0 Å². The van der Waals surface area contributed by atoms with Crippen LogP contribution in [0.3, 0.4) is 0 Å². The van der Waals surface area contributed by atoms with Crippen molar-refractivity contribution in [2.75, 3.05) is 0 Å². The Hall–Kier alpha value is -1.58. The van der Waals surface area contributed by atoms with Gasteiger partial charge in [0.05, 0.1) is 5.02 Å². The van der Waals surface area contributed by atoms with Crippen molar-refractivity contribution >= 4 is 11.6 Å². The molecular weight excluding hydrogens is 265 g/mol. The van der Waals surface area contributed by atoms with Crippen LogP contribution in [0.25, 0.3) is 0 Å². The van der Waals surface area contributed by atoms with Crippen LogP contribution < -0.4 is 10.5 Å². The van der Waals surface area contributed by atoms with Crippen LogP contribution >= 0.6 is 11.6 Å². The molecule has 0 aliphatic heterocycles. The summed E-state index contributed by atoms with van der Waals surface area (Å²) in [4.78, 5) is 0. The molecule has 0 spiro atoms. The number of benzene rings is 2. The molecule has 2 aromatic carbocycles. The number of hydrogen-bond acceptors (Lipinski definition) is 2. The van der Waals surface area contributed by atoms with Gasteiger partial charge in [0.1, 0.15) is 5.75 Å². The molecule has 0 saturated carbocycles. The number of halogens is 2. The van der Waals surface area contributed by atoms with Gasteiger partial charge in [-0.2, -0.15) is 0 Å². The molecular formula is C15H15ClFNO. The first kappa shape index (κ1) is 13.8. The molecule has 2 aromatic rings. The summed E-state index contributed by atoms with van der Waals surface area (Å²) in [7, 11) is 0. The van der Waals surface area contributed by atoms with Crippen LogP contribution in [0.4, 0.5) is 4.39 Å². The van der Waals surface area contributed by atoms with Gasteiger partial charge in [-0.25, -0.2) is 4.39 Å². The maximum atomic E-state index is 13.8. The van der Waals surface area contributed by atoms with Crippen LogP contribution in [0.2, 0.25) is 5.02 Å². The summed E-state index contributed by atoms with van der Waals surface area (Å²) >= 11 is 5.73. The molecule has 0 aliphatic carbocycles. The maximum absolute atomic E-state index is 13.8. The van der Waals surface area contributed by atoms with Gasteiger partial charge >= 0.3 is 0 Å². The molecule has 0 amide bonds. The molecule has 0 aromatic heterocycles. The van der Waals surface area contributed by atoms with Gasteiger partial charge in [-0.15, -0.1) is 0 Å². The van der Waals surface area contributed by atoms with Crippen molar-refractivity contribution in [1.29, 1.82) is 0 Å². The van der Waals surface area contributed by atoms with E-state index in [2.05, 4.69) is 0 Å². The molecule has 0 saturated heterocycles. The molecule has 2 N–H and O–H groups in total. The average molecular weight is 280 g/mol. The fraction of sp³-hybridized carbons (Fsp3) is 0.200. The number of nitrogens with two attached hydrogens (primary N) is 1. The number of hydrogen-bond donors (Lipinski definition) is 1. The highest BCUT2D eigenvalue weighted by atomic mass is 35.5. The molecule has 0 unspecified atom stereocenters. The van der Waals surface area contributed by atoms with Gasteiger partial charge in [-0.3, -0.25) is 0 Å². The van der Waals surface area contributed by atoms with Crippen LogP contribution in [0.1, 0.15) is 24.9 Å². The van der Waals surface area contributed by atoms with Crippen LogP contribution in [0.15, 0.2) is 42.5 Å². The van der Waals surface area contributed by atoms with Crippen molar-refractivity contribution in [2.45, 2.75) is 19.4 Å². The van der Waals surface area contributed by atoms with Gasteiger partial charge < -0.3 is 10.5 Å². The van der Waals surface area contributed by atoms with E-state index in [-0.39, 0.29) is 16.8 Å². The van der Waals surface area contributed by atoms with E-state index < -0.39 is 5.82 Å². The van der Waals surface area contributed by atoms with Gasteiger partial charge in [0.25, 0.3) is 0 Å². The fourth-order valence-electron chi connectivity index (χ4n) is 1.78. The number of ether oxygens (including phenoxy) is 1. The molecule has 2 rings (SSSR count). The summed E-state index contributed by atoms with van der Waals surface area (Å²) in [5.41, 5.74) is 6.87. The Kier molecular flexibility index (Phi) is 4.40. The maximum Gasteiger partial charge on any atom is 0.184 e. The summed E-state index contributed by atoms with van der Waals surface area (Å²) < 4.78 is 19.4. The molecule has 2 nitrogen and oxygen atoms in total. The van der Waals surface area contributed by atoms with E-state index in [1.807, 2.05) is 25.1 Å². The summed E-state index contributed by atoms with van der Waals surface area (Å²) in [6.45, 7) is 1.99. The Labute approximate surface area is 117 Å². The molecule has 1 atom stereocenters. The zero-order valence-electron chi connectivity index (χ0n) is 10.6. The van der Waals surface area contributed by atoms with Gasteiger partial charge in [0.2, 0.25) is 0 Å². The van der Waals surface area contributed by atoms with E-state index in [9.17, 15) is 4.39 Å². The predicted molar refractivity (Wildman–Crippen MR) is 75.1 cm³/mol. The summed E-state index contributed by atoms with van der Waals surface area (Å²) in [5, 5.41) is 0.0368. The first-order valence-electron chi connectivity index (χ1n) is 6.09. The number of para-hydroxylation sites is 1. The first-order chi connectivity index (χ1) is 9.13. The smallest absolute Gasteiger partial charge is 0.184 e. The third-order valence-electron chi connectivity index (χ3n) is 2.89. The van der Waals surface area contributed by atoms with E-state index in [1.165, 1.54) is 12.1 Å².